The van der Waals surface area contributed by atoms with Crippen LogP contribution in [-0.4, -0.2) is 65.7 Å². The number of carbonyl (C=O) groups excluding carboxylic acids is 2. The molecule has 0 bridgehead atoms. The molecule has 4 unspecified atom stereocenters. The van der Waals surface area contributed by atoms with Crippen LogP contribution in [0.25, 0.3) is 0 Å². The number of hydrogen-bond donors (Lipinski definition) is 3. The van der Waals surface area contributed by atoms with Crippen LogP contribution >= 0.6 is 0 Å². The molecule has 230 valence electrons. The summed E-state index contributed by atoms with van der Waals surface area (Å²) in [7, 11) is 0. The van der Waals surface area contributed by atoms with E-state index in [4.69, 9.17) is 4.74 Å². The van der Waals surface area contributed by atoms with Gasteiger partial charge in [-0.2, -0.15) is 0 Å². The van der Waals surface area contributed by atoms with Crippen molar-refractivity contribution < 1.29 is 19.4 Å². The van der Waals surface area contributed by atoms with Gasteiger partial charge in [0.2, 0.25) is 0 Å². The number of ether oxygens (including phenoxy) is 1. The summed E-state index contributed by atoms with van der Waals surface area (Å²) in [6.07, 6.45) is 16.9. The average molecular weight is 570 g/mol. The van der Waals surface area contributed by atoms with Crippen molar-refractivity contribution in [3.05, 3.63) is 28.8 Å². The van der Waals surface area contributed by atoms with Gasteiger partial charge in [-0.3, -0.25) is 9.59 Å². The van der Waals surface area contributed by atoms with Gasteiger partial charge in [-0.15, -0.1) is 0 Å². The first kappa shape index (κ1) is 31.8. The number of carbonyl (C=O) groups is 2. The number of nitrogens with one attached hydrogen (secondary N) is 2. The van der Waals surface area contributed by atoms with Gasteiger partial charge < -0.3 is 25.4 Å². The van der Waals surface area contributed by atoms with E-state index in [0.717, 1.165) is 50.8 Å². The second-order valence-electron chi connectivity index (χ2n) is 13.7. The van der Waals surface area contributed by atoms with Gasteiger partial charge in [-0.25, -0.2) is 0 Å². The van der Waals surface area contributed by atoms with Crippen molar-refractivity contribution in [2.24, 2.45) is 5.41 Å². The highest BCUT2D eigenvalue weighted by atomic mass is 16.5. The fourth-order valence-corrected chi connectivity index (χ4v) is 6.70. The Morgan fingerprint density at radius 3 is 2.24 bits per heavy atom. The third-order valence-corrected chi connectivity index (χ3v) is 9.57. The highest BCUT2D eigenvalue weighted by Crippen LogP contribution is 2.36. The first-order chi connectivity index (χ1) is 19.7. The SMILES string of the molecule is C1CCCCCCC1.CC(NC(=O)c1cc(C(=O)N2CCCC2C)cc2c1CCC(C)(C)CO2)C(O)C1CCCN1. The number of amides is 2. The average Bonchev–Trinajstić information content (AvgIpc) is 3.59. The maximum Gasteiger partial charge on any atom is 0.254 e. The summed E-state index contributed by atoms with van der Waals surface area (Å²) in [5, 5.41) is 17.0. The molecule has 2 saturated heterocycles. The summed E-state index contributed by atoms with van der Waals surface area (Å²) >= 11 is 0. The quantitative estimate of drug-likeness (QED) is 0.404. The van der Waals surface area contributed by atoms with E-state index in [1.165, 1.54) is 51.4 Å². The maximum atomic E-state index is 13.5. The fraction of sp³-hybridized carbons (Fsp3) is 0.765. The molecule has 2 amide bonds. The van der Waals surface area contributed by atoms with E-state index >= 15 is 0 Å². The summed E-state index contributed by atoms with van der Waals surface area (Å²) in [5.41, 5.74) is 1.82. The van der Waals surface area contributed by atoms with Crippen LogP contribution in [0.3, 0.4) is 0 Å². The third kappa shape index (κ3) is 8.70. The van der Waals surface area contributed by atoms with Crippen LogP contribution in [0.5, 0.6) is 5.75 Å². The molecule has 3 N–H and O–H groups in total. The number of rotatable bonds is 5. The molecule has 7 nitrogen and oxygen atoms in total. The van der Waals surface area contributed by atoms with Crippen molar-refractivity contribution in [1.29, 1.82) is 0 Å². The van der Waals surface area contributed by atoms with Crippen molar-refractivity contribution in [2.75, 3.05) is 19.7 Å². The molecule has 3 aliphatic heterocycles. The Hall–Kier alpha value is -2.12. The van der Waals surface area contributed by atoms with Gasteiger partial charge in [-0.1, -0.05) is 65.2 Å². The smallest absolute Gasteiger partial charge is 0.254 e. The van der Waals surface area contributed by atoms with E-state index in [9.17, 15) is 14.7 Å². The minimum atomic E-state index is -0.666. The van der Waals surface area contributed by atoms with Crippen molar-refractivity contribution in [2.45, 2.75) is 142 Å². The van der Waals surface area contributed by atoms with Crippen LogP contribution < -0.4 is 15.4 Å². The van der Waals surface area contributed by atoms with Crippen molar-refractivity contribution in [3.63, 3.8) is 0 Å². The summed E-state index contributed by atoms with van der Waals surface area (Å²) in [6.45, 7) is 10.4. The Labute approximate surface area is 248 Å². The number of aliphatic hydroxyl groups excluding tert-OH is 1. The molecule has 1 saturated carbocycles. The molecule has 4 aliphatic rings. The van der Waals surface area contributed by atoms with Gasteiger partial charge in [0, 0.05) is 35.3 Å². The molecular weight excluding hydrogens is 514 g/mol. The Kier molecular flexibility index (Phi) is 11.5. The molecule has 0 radical (unpaired) electrons. The summed E-state index contributed by atoms with van der Waals surface area (Å²) in [6, 6.07) is 3.33. The molecule has 3 fully saturated rings. The molecule has 7 heteroatoms. The second kappa shape index (κ2) is 14.9. The minimum absolute atomic E-state index is 0.00823. The van der Waals surface area contributed by atoms with E-state index in [0.29, 0.717) is 29.9 Å². The maximum absolute atomic E-state index is 13.5. The Morgan fingerprint density at radius 1 is 1.02 bits per heavy atom. The monoisotopic (exact) mass is 569 g/mol. The predicted molar refractivity (Wildman–Crippen MR) is 165 cm³/mol. The zero-order valence-corrected chi connectivity index (χ0v) is 26.1. The van der Waals surface area contributed by atoms with Crippen molar-refractivity contribution >= 4 is 11.8 Å². The van der Waals surface area contributed by atoms with Crippen LogP contribution in [0.4, 0.5) is 0 Å². The minimum Gasteiger partial charge on any atom is -0.493 e. The number of aliphatic hydroxyl groups is 1. The topological polar surface area (TPSA) is 90.9 Å². The van der Waals surface area contributed by atoms with Gasteiger partial charge in [0.15, 0.2) is 0 Å². The zero-order chi connectivity index (χ0) is 29.4. The highest BCUT2D eigenvalue weighted by Gasteiger charge is 2.33. The van der Waals surface area contributed by atoms with Crippen molar-refractivity contribution in [1.82, 2.24) is 15.5 Å². The third-order valence-electron chi connectivity index (χ3n) is 9.57. The summed E-state index contributed by atoms with van der Waals surface area (Å²) in [4.78, 5) is 28.7. The first-order valence-electron chi connectivity index (χ1n) is 16.5. The van der Waals surface area contributed by atoms with Crippen LogP contribution in [0, 0.1) is 5.41 Å². The zero-order valence-electron chi connectivity index (χ0n) is 26.1. The van der Waals surface area contributed by atoms with E-state index < -0.39 is 12.1 Å². The molecule has 1 aromatic carbocycles. The van der Waals surface area contributed by atoms with Gasteiger partial charge in [-0.05, 0) is 76.5 Å². The lowest BCUT2D eigenvalue weighted by Gasteiger charge is -2.26. The largest absolute Gasteiger partial charge is 0.493 e. The summed E-state index contributed by atoms with van der Waals surface area (Å²) in [5.74, 6) is 0.324. The van der Waals surface area contributed by atoms with Crippen LogP contribution in [0.1, 0.15) is 137 Å². The Balaban J connectivity index is 0.000000417. The second-order valence-corrected chi connectivity index (χ2v) is 13.7. The lowest BCUT2D eigenvalue weighted by Crippen LogP contribution is -2.49. The van der Waals surface area contributed by atoms with E-state index in [-0.39, 0.29) is 29.3 Å². The highest BCUT2D eigenvalue weighted by molar-refractivity contribution is 6.02. The standard InChI is InChI=1S/C26H39N3O4.C8H16/c1-16-7-6-12-29(16)25(32)18-13-20(19-9-10-26(3,4)15-33-22(19)14-18)24(31)28-17(2)23(30)21-8-5-11-27-21;1-2-4-6-8-7-5-3-1/h13-14,16-17,21,23,27,30H,5-12,15H2,1-4H3,(H,28,31);1-8H2. The lowest BCUT2D eigenvalue weighted by molar-refractivity contribution is 0.0746. The molecule has 5 rings (SSSR count). The number of benzene rings is 1. The Bertz CT molecular complexity index is 995. The predicted octanol–water partition coefficient (Wildman–Crippen LogP) is 6.01. The van der Waals surface area contributed by atoms with E-state index in [1.54, 1.807) is 6.07 Å². The molecule has 3 heterocycles. The van der Waals surface area contributed by atoms with Gasteiger partial charge in [0.05, 0.1) is 18.8 Å². The molecule has 1 aromatic rings. The fourth-order valence-electron chi connectivity index (χ4n) is 6.70. The number of nitrogens with zero attached hydrogens (tertiary/aromatic N) is 1. The summed E-state index contributed by atoms with van der Waals surface area (Å²) < 4.78 is 6.16. The first-order valence-corrected chi connectivity index (χ1v) is 16.5. The molecule has 1 aliphatic carbocycles. The number of hydrogen-bond acceptors (Lipinski definition) is 5. The Morgan fingerprint density at radius 2 is 1.68 bits per heavy atom. The number of likely N-dealkylation sites (tertiary alicyclic amines) is 1. The van der Waals surface area contributed by atoms with Crippen LogP contribution in [0.2, 0.25) is 0 Å². The molecular formula is C34H55N3O4. The molecule has 41 heavy (non-hydrogen) atoms. The number of fused-ring (bicyclic) bond motifs is 1. The van der Waals surface area contributed by atoms with Crippen molar-refractivity contribution in [3.8, 4) is 5.75 Å². The van der Waals surface area contributed by atoms with E-state index in [2.05, 4.69) is 31.4 Å². The van der Waals surface area contributed by atoms with Crippen LogP contribution in [0.15, 0.2) is 12.1 Å². The molecule has 4 atom stereocenters. The normalized spacial score (nSPS) is 25.7. The van der Waals surface area contributed by atoms with E-state index in [1.807, 2.05) is 17.9 Å². The van der Waals surface area contributed by atoms with Gasteiger partial charge in [0.1, 0.15) is 5.75 Å². The lowest BCUT2D eigenvalue weighted by atomic mass is 9.87. The molecule has 0 aromatic heterocycles. The van der Waals surface area contributed by atoms with Crippen LogP contribution in [-0.2, 0) is 6.42 Å². The van der Waals surface area contributed by atoms with Gasteiger partial charge >= 0.3 is 0 Å². The molecule has 0 spiro atoms. The van der Waals surface area contributed by atoms with Gasteiger partial charge in [0.25, 0.3) is 11.8 Å².